The molecule has 21 heavy (non-hydrogen) atoms. The number of hydrogen-bond donors (Lipinski definition) is 3. The van der Waals surface area contributed by atoms with Crippen molar-refractivity contribution in [2.75, 3.05) is 6.54 Å². The van der Waals surface area contributed by atoms with Crippen molar-refractivity contribution in [3.8, 4) is 0 Å². The first kappa shape index (κ1) is 13.5. The summed E-state index contributed by atoms with van der Waals surface area (Å²) in [4.78, 5) is 35.1. The second kappa shape index (κ2) is 5.47. The number of nitrogens with one attached hydrogen (secondary N) is 3. The van der Waals surface area contributed by atoms with E-state index in [1.165, 1.54) is 6.33 Å². The van der Waals surface area contributed by atoms with Gasteiger partial charge in [0.1, 0.15) is 23.5 Å². The number of carbonyl (C=O) groups is 1. The molecule has 0 atom stereocenters. The summed E-state index contributed by atoms with van der Waals surface area (Å²) >= 11 is 0. The summed E-state index contributed by atoms with van der Waals surface area (Å²) in [6, 6.07) is 0. The van der Waals surface area contributed by atoms with Gasteiger partial charge in [-0.25, -0.2) is 9.97 Å². The first-order valence-electron chi connectivity index (χ1n) is 6.88. The molecule has 8 heteroatoms. The van der Waals surface area contributed by atoms with Crippen LogP contribution in [0.5, 0.6) is 0 Å². The third kappa shape index (κ3) is 2.99. The van der Waals surface area contributed by atoms with Gasteiger partial charge in [0.2, 0.25) is 0 Å². The summed E-state index contributed by atoms with van der Waals surface area (Å²) in [5, 5.41) is 9.13. The van der Waals surface area contributed by atoms with Crippen LogP contribution in [-0.4, -0.2) is 37.6 Å². The molecule has 1 aliphatic rings. The largest absolute Gasteiger partial charge is 0.351 e. The second-order valence-electron chi connectivity index (χ2n) is 5.12. The minimum Gasteiger partial charge on any atom is -0.351 e. The average molecular weight is 288 g/mol. The van der Waals surface area contributed by atoms with E-state index in [2.05, 4.69) is 30.5 Å². The summed E-state index contributed by atoms with van der Waals surface area (Å²) in [5.74, 6) is 1.31. The molecular formula is C13H16N6O2. The molecule has 1 saturated carbocycles. The van der Waals surface area contributed by atoms with Crippen molar-refractivity contribution in [1.82, 2.24) is 30.5 Å². The van der Waals surface area contributed by atoms with Crippen LogP contribution < -0.4 is 10.9 Å². The van der Waals surface area contributed by atoms with Crippen LogP contribution in [-0.2, 0) is 6.42 Å². The number of hydrogen-bond acceptors (Lipinski definition) is 5. The number of aromatic amines is 2. The van der Waals surface area contributed by atoms with Crippen LogP contribution in [0.2, 0.25) is 0 Å². The van der Waals surface area contributed by atoms with E-state index in [4.69, 9.17) is 0 Å². The molecule has 0 aliphatic heterocycles. The van der Waals surface area contributed by atoms with Crippen LogP contribution >= 0.6 is 0 Å². The SMILES string of the molecule is Cc1nc(C2CC2)[nH]c(=O)c1C(=O)NCCc1ncn[nH]1. The summed E-state index contributed by atoms with van der Waals surface area (Å²) in [7, 11) is 0. The second-order valence-corrected chi connectivity index (χ2v) is 5.12. The Labute approximate surface area is 120 Å². The monoisotopic (exact) mass is 288 g/mol. The van der Waals surface area contributed by atoms with Crippen molar-refractivity contribution in [3.05, 3.63) is 39.6 Å². The van der Waals surface area contributed by atoms with Crippen LogP contribution in [0, 0.1) is 6.92 Å². The number of nitrogens with zero attached hydrogens (tertiary/aromatic N) is 3. The summed E-state index contributed by atoms with van der Waals surface area (Å²) in [6.07, 6.45) is 4.03. The number of aryl methyl sites for hydroxylation is 1. The standard InChI is InChI=1S/C13H16N6O2/c1-7-10(13(21)18-11(17-7)8-2-3-8)12(20)14-5-4-9-15-6-16-19-9/h6,8H,2-5H2,1H3,(H,14,20)(H,15,16,19)(H,17,18,21). The van der Waals surface area contributed by atoms with Crippen molar-refractivity contribution in [2.24, 2.45) is 0 Å². The summed E-state index contributed by atoms with van der Waals surface area (Å²) in [6.45, 7) is 2.06. The predicted octanol–water partition coefficient (Wildman–Crippen LogP) is 0.0463. The van der Waals surface area contributed by atoms with Gasteiger partial charge in [-0.2, -0.15) is 5.10 Å². The van der Waals surface area contributed by atoms with Crippen molar-refractivity contribution in [3.63, 3.8) is 0 Å². The molecule has 110 valence electrons. The first-order chi connectivity index (χ1) is 10.1. The number of aromatic nitrogens is 5. The number of rotatable bonds is 5. The van der Waals surface area contributed by atoms with E-state index in [-0.39, 0.29) is 11.1 Å². The quantitative estimate of drug-likeness (QED) is 0.718. The van der Waals surface area contributed by atoms with Crippen molar-refractivity contribution < 1.29 is 4.79 Å². The molecule has 2 aromatic heterocycles. The van der Waals surface area contributed by atoms with Gasteiger partial charge in [0.25, 0.3) is 11.5 Å². The fourth-order valence-electron chi connectivity index (χ4n) is 2.16. The molecule has 1 aliphatic carbocycles. The van der Waals surface area contributed by atoms with Crippen molar-refractivity contribution in [1.29, 1.82) is 0 Å². The van der Waals surface area contributed by atoms with Crippen LogP contribution in [0.3, 0.4) is 0 Å². The van der Waals surface area contributed by atoms with E-state index < -0.39 is 5.91 Å². The molecule has 3 N–H and O–H groups in total. The van der Waals surface area contributed by atoms with E-state index >= 15 is 0 Å². The first-order valence-corrected chi connectivity index (χ1v) is 6.88. The van der Waals surface area contributed by atoms with Crippen LogP contribution in [0.1, 0.15) is 46.5 Å². The Bertz CT molecular complexity index is 702. The lowest BCUT2D eigenvalue weighted by Crippen LogP contribution is -2.33. The third-order valence-corrected chi connectivity index (χ3v) is 3.42. The highest BCUT2D eigenvalue weighted by Crippen LogP contribution is 2.37. The van der Waals surface area contributed by atoms with Gasteiger partial charge >= 0.3 is 0 Å². The molecule has 0 spiro atoms. The molecule has 0 bridgehead atoms. The molecule has 0 unspecified atom stereocenters. The van der Waals surface area contributed by atoms with Crippen LogP contribution in [0.25, 0.3) is 0 Å². The average Bonchev–Trinajstić information content (AvgIpc) is 3.16. The molecule has 1 fully saturated rings. The zero-order valence-corrected chi connectivity index (χ0v) is 11.6. The molecule has 0 saturated heterocycles. The molecular weight excluding hydrogens is 272 g/mol. The fraction of sp³-hybridized carbons (Fsp3) is 0.462. The zero-order valence-electron chi connectivity index (χ0n) is 11.6. The molecule has 0 aromatic carbocycles. The summed E-state index contributed by atoms with van der Waals surface area (Å²) in [5.41, 5.74) is 0.177. The number of amides is 1. The number of H-pyrrole nitrogens is 2. The van der Waals surface area contributed by atoms with E-state index in [1.807, 2.05) is 0 Å². The van der Waals surface area contributed by atoms with Gasteiger partial charge in [0.05, 0.1) is 5.69 Å². The molecule has 8 nitrogen and oxygen atoms in total. The van der Waals surface area contributed by atoms with Gasteiger partial charge in [-0.1, -0.05) is 0 Å². The zero-order chi connectivity index (χ0) is 14.8. The van der Waals surface area contributed by atoms with E-state index in [0.717, 1.165) is 12.8 Å². The van der Waals surface area contributed by atoms with E-state index in [0.29, 0.717) is 36.2 Å². The molecule has 2 aromatic rings. The Kier molecular flexibility index (Phi) is 3.51. The highest BCUT2D eigenvalue weighted by Gasteiger charge is 2.27. The van der Waals surface area contributed by atoms with Gasteiger partial charge in [-0.3, -0.25) is 14.7 Å². The lowest BCUT2D eigenvalue weighted by Gasteiger charge is -2.07. The maximum atomic E-state index is 12.1. The molecule has 3 rings (SSSR count). The summed E-state index contributed by atoms with van der Waals surface area (Å²) < 4.78 is 0. The van der Waals surface area contributed by atoms with E-state index in [1.54, 1.807) is 6.92 Å². The normalized spacial score (nSPS) is 14.1. The topological polar surface area (TPSA) is 116 Å². The van der Waals surface area contributed by atoms with Gasteiger partial charge in [0.15, 0.2) is 0 Å². The Morgan fingerprint density at radius 3 is 2.90 bits per heavy atom. The number of carbonyl (C=O) groups excluding carboxylic acids is 1. The minimum absolute atomic E-state index is 0.0805. The highest BCUT2D eigenvalue weighted by molar-refractivity contribution is 5.94. The van der Waals surface area contributed by atoms with Gasteiger partial charge in [-0.15, -0.1) is 0 Å². The maximum Gasteiger partial charge on any atom is 0.264 e. The molecule has 2 heterocycles. The predicted molar refractivity (Wildman–Crippen MR) is 74.0 cm³/mol. The van der Waals surface area contributed by atoms with E-state index in [9.17, 15) is 9.59 Å². The molecule has 0 radical (unpaired) electrons. The smallest absolute Gasteiger partial charge is 0.264 e. The Hall–Kier alpha value is -2.51. The fourth-order valence-corrected chi connectivity index (χ4v) is 2.16. The third-order valence-electron chi connectivity index (χ3n) is 3.42. The van der Waals surface area contributed by atoms with Gasteiger partial charge < -0.3 is 10.3 Å². The van der Waals surface area contributed by atoms with Crippen molar-refractivity contribution >= 4 is 5.91 Å². The Morgan fingerprint density at radius 2 is 2.29 bits per heavy atom. The molecule has 1 amide bonds. The lowest BCUT2D eigenvalue weighted by molar-refractivity contribution is 0.0951. The van der Waals surface area contributed by atoms with Crippen LogP contribution in [0.4, 0.5) is 0 Å². The highest BCUT2D eigenvalue weighted by atomic mass is 16.2. The van der Waals surface area contributed by atoms with Crippen LogP contribution in [0.15, 0.2) is 11.1 Å². The van der Waals surface area contributed by atoms with Gasteiger partial charge in [-0.05, 0) is 19.8 Å². The maximum absolute atomic E-state index is 12.1. The Balaban J connectivity index is 1.67. The van der Waals surface area contributed by atoms with Crippen molar-refractivity contribution in [2.45, 2.75) is 32.1 Å². The minimum atomic E-state index is -0.414. The lowest BCUT2D eigenvalue weighted by atomic mass is 10.2. The Morgan fingerprint density at radius 1 is 1.48 bits per heavy atom. The van der Waals surface area contributed by atoms with Gasteiger partial charge in [0, 0.05) is 18.9 Å².